The van der Waals surface area contributed by atoms with Crippen molar-refractivity contribution >= 4 is 45.7 Å². The number of nitrogens with zero attached hydrogens (tertiary/aromatic N) is 5. The Morgan fingerprint density at radius 3 is 2.59 bits per heavy atom. The molecule has 3 N–H and O–H groups in total. The number of morpholine rings is 1. The highest BCUT2D eigenvalue weighted by atomic mass is 79.9. The number of nitrogens with one attached hydrogen (secondary N) is 2. The predicted octanol–water partition coefficient (Wildman–Crippen LogP) is 4.38. The molecule has 1 fully saturated rings. The Hall–Kier alpha value is -3.45. The molecule has 0 atom stereocenters. The number of anilines is 4. The first kappa shape index (κ1) is 23.7. The summed E-state index contributed by atoms with van der Waals surface area (Å²) in [4.78, 5) is 14.8. The van der Waals surface area contributed by atoms with E-state index in [0.29, 0.717) is 37.8 Å². The summed E-state index contributed by atoms with van der Waals surface area (Å²) in [5.74, 6) is 0.455. The maximum Gasteiger partial charge on any atom is 0.416 e. The summed E-state index contributed by atoms with van der Waals surface area (Å²) in [5, 5.41) is 16.8. The van der Waals surface area contributed by atoms with Crippen LogP contribution in [0.15, 0.2) is 52.0 Å². The van der Waals surface area contributed by atoms with E-state index in [9.17, 15) is 18.3 Å². The van der Waals surface area contributed by atoms with E-state index >= 15 is 0 Å². The molecule has 0 radical (unpaired) electrons. The molecule has 2 heterocycles. The van der Waals surface area contributed by atoms with Crippen molar-refractivity contribution in [2.45, 2.75) is 6.18 Å². The number of halogens is 4. The van der Waals surface area contributed by atoms with Crippen molar-refractivity contribution in [1.29, 1.82) is 0 Å². The van der Waals surface area contributed by atoms with Crippen LogP contribution in [0, 0.1) is 0 Å². The van der Waals surface area contributed by atoms with Crippen LogP contribution in [0.5, 0.6) is 5.75 Å². The van der Waals surface area contributed by atoms with Gasteiger partial charge in [-0.15, -0.1) is 0 Å². The zero-order chi connectivity index (χ0) is 24.1. The lowest BCUT2D eigenvalue weighted by Gasteiger charge is -2.27. The van der Waals surface area contributed by atoms with E-state index in [2.05, 4.69) is 46.7 Å². The quantitative estimate of drug-likeness (QED) is 0.314. The molecule has 0 amide bonds. The van der Waals surface area contributed by atoms with E-state index in [-0.39, 0.29) is 23.3 Å². The minimum Gasteiger partial charge on any atom is -0.507 e. The number of rotatable bonds is 6. The van der Waals surface area contributed by atoms with Gasteiger partial charge in [-0.3, -0.25) is 0 Å². The molecule has 13 heteroatoms. The van der Waals surface area contributed by atoms with Crippen LogP contribution in [-0.4, -0.2) is 52.6 Å². The Morgan fingerprint density at radius 1 is 1.06 bits per heavy atom. The Kier molecular flexibility index (Phi) is 7.12. The van der Waals surface area contributed by atoms with Gasteiger partial charge in [0.15, 0.2) is 0 Å². The van der Waals surface area contributed by atoms with Crippen molar-refractivity contribution in [1.82, 2.24) is 15.0 Å². The third-order valence-electron chi connectivity index (χ3n) is 4.72. The Morgan fingerprint density at radius 2 is 1.82 bits per heavy atom. The summed E-state index contributed by atoms with van der Waals surface area (Å²) < 4.78 is 45.3. The number of aromatic nitrogens is 3. The van der Waals surface area contributed by atoms with Crippen LogP contribution in [0.1, 0.15) is 11.1 Å². The molecule has 0 aliphatic carbocycles. The SMILES string of the molecule is Oc1ccc(Br)cc1C=NNc1nc(Nc2cccc(C(F)(F)F)c2)nc(N2CCOCC2)n1. The fourth-order valence-electron chi connectivity index (χ4n) is 3.07. The number of benzene rings is 2. The van der Waals surface area contributed by atoms with Gasteiger partial charge in [-0.25, -0.2) is 5.43 Å². The van der Waals surface area contributed by atoms with Gasteiger partial charge in [-0.05, 0) is 36.4 Å². The molecule has 1 aromatic heterocycles. The normalized spacial score (nSPS) is 14.4. The monoisotopic (exact) mass is 537 g/mol. The van der Waals surface area contributed by atoms with Crippen LogP contribution >= 0.6 is 15.9 Å². The molecule has 1 aliphatic rings. The maximum atomic E-state index is 13.1. The first-order chi connectivity index (χ1) is 16.3. The standard InChI is InChI=1S/C21H19BrF3N7O2/c22-15-4-5-17(33)13(10-15)12-26-31-19-28-18(29-20(30-19)32-6-8-34-9-7-32)27-16-3-1-2-14(11-16)21(23,24)25/h1-5,10-12,33H,6-9H2,(H2,27,28,29,30,31). The van der Waals surface area contributed by atoms with Crippen molar-refractivity contribution < 1.29 is 23.0 Å². The first-order valence-electron chi connectivity index (χ1n) is 10.1. The van der Waals surface area contributed by atoms with Gasteiger partial charge in [0.25, 0.3) is 0 Å². The molecule has 3 aromatic rings. The molecule has 34 heavy (non-hydrogen) atoms. The molecular formula is C21H19BrF3N7O2. The average Bonchev–Trinajstić information content (AvgIpc) is 2.81. The number of aromatic hydroxyl groups is 1. The van der Waals surface area contributed by atoms with Gasteiger partial charge in [-0.1, -0.05) is 22.0 Å². The predicted molar refractivity (Wildman–Crippen MR) is 125 cm³/mol. The van der Waals surface area contributed by atoms with E-state index in [1.807, 2.05) is 4.90 Å². The summed E-state index contributed by atoms with van der Waals surface area (Å²) in [6, 6.07) is 9.61. The largest absolute Gasteiger partial charge is 0.507 e. The van der Waals surface area contributed by atoms with Crippen LogP contribution in [0.25, 0.3) is 0 Å². The fraction of sp³-hybridized carbons (Fsp3) is 0.238. The molecule has 4 rings (SSSR count). The maximum absolute atomic E-state index is 13.1. The topological polar surface area (TPSA) is 108 Å². The molecule has 9 nitrogen and oxygen atoms in total. The molecular weight excluding hydrogens is 519 g/mol. The molecule has 1 saturated heterocycles. The molecule has 0 spiro atoms. The second kappa shape index (κ2) is 10.2. The van der Waals surface area contributed by atoms with Crippen molar-refractivity contribution in [2.75, 3.05) is 41.9 Å². The van der Waals surface area contributed by atoms with Gasteiger partial charge in [-0.2, -0.15) is 33.2 Å². The fourth-order valence-corrected chi connectivity index (χ4v) is 3.44. The second-order valence-corrected chi connectivity index (χ2v) is 8.07. The van der Waals surface area contributed by atoms with Crippen LogP contribution in [0.2, 0.25) is 0 Å². The van der Waals surface area contributed by atoms with Gasteiger partial charge in [0.05, 0.1) is 25.0 Å². The number of alkyl halides is 3. The zero-order valence-electron chi connectivity index (χ0n) is 17.6. The summed E-state index contributed by atoms with van der Waals surface area (Å²) in [7, 11) is 0. The lowest BCUT2D eigenvalue weighted by atomic mass is 10.2. The van der Waals surface area contributed by atoms with Crippen LogP contribution in [-0.2, 0) is 10.9 Å². The minimum atomic E-state index is -4.48. The summed E-state index contributed by atoms with van der Waals surface area (Å²) in [6.07, 6.45) is -3.09. The van der Waals surface area contributed by atoms with Crippen LogP contribution < -0.4 is 15.6 Å². The Bertz CT molecular complexity index is 1190. The lowest BCUT2D eigenvalue weighted by molar-refractivity contribution is -0.137. The smallest absolute Gasteiger partial charge is 0.416 e. The van der Waals surface area contributed by atoms with Gasteiger partial charge in [0.1, 0.15) is 5.75 Å². The van der Waals surface area contributed by atoms with E-state index in [1.165, 1.54) is 24.4 Å². The number of phenols is 1. The van der Waals surface area contributed by atoms with Crippen molar-refractivity contribution in [3.8, 4) is 5.75 Å². The lowest BCUT2D eigenvalue weighted by Crippen LogP contribution is -2.37. The van der Waals surface area contributed by atoms with Crippen LogP contribution in [0.4, 0.5) is 36.7 Å². The highest BCUT2D eigenvalue weighted by Gasteiger charge is 2.30. The van der Waals surface area contributed by atoms with Gasteiger partial charge >= 0.3 is 6.18 Å². The molecule has 0 saturated carbocycles. The first-order valence-corrected chi connectivity index (χ1v) is 10.9. The number of hydrazone groups is 1. The molecule has 1 aliphatic heterocycles. The van der Waals surface area contributed by atoms with Crippen LogP contribution in [0.3, 0.4) is 0 Å². The number of phenolic OH excluding ortho intramolecular Hbond substituents is 1. The molecule has 0 unspecified atom stereocenters. The third-order valence-corrected chi connectivity index (χ3v) is 5.21. The summed E-state index contributed by atoms with van der Waals surface area (Å²) in [6.45, 7) is 2.07. The van der Waals surface area contributed by atoms with E-state index < -0.39 is 11.7 Å². The number of hydrogen-bond acceptors (Lipinski definition) is 9. The van der Waals surface area contributed by atoms with E-state index in [4.69, 9.17) is 4.74 Å². The van der Waals surface area contributed by atoms with Crippen molar-refractivity contribution in [2.24, 2.45) is 5.10 Å². The third kappa shape index (κ3) is 6.11. The Balaban J connectivity index is 1.60. The van der Waals surface area contributed by atoms with Crippen molar-refractivity contribution in [3.05, 3.63) is 58.1 Å². The highest BCUT2D eigenvalue weighted by molar-refractivity contribution is 9.10. The molecule has 178 valence electrons. The van der Waals surface area contributed by atoms with Gasteiger partial charge in [0, 0.05) is 28.8 Å². The van der Waals surface area contributed by atoms with Gasteiger partial charge < -0.3 is 20.1 Å². The minimum absolute atomic E-state index is 0.0327. The average molecular weight is 538 g/mol. The van der Waals surface area contributed by atoms with Crippen molar-refractivity contribution in [3.63, 3.8) is 0 Å². The van der Waals surface area contributed by atoms with Gasteiger partial charge in [0.2, 0.25) is 17.8 Å². The zero-order valence-corrected chi connectivity index (χ0v) is 19.1. The Labute approximate surface area is 200 Å². The summed E-state index contributed by atoms with van der Waals surface area (Å²) >= 11 is 3.32. The van der Waals surface area contributed by atoms with E-state index in [1.54, 1.807) is 12.1 Å². The highest BCUT2D eigenvalue weighted by Crippen LogP contribution is 2.31. The summed E-state index contributed by atoms with van der Waals surface area (Å²) in [5.41, 5.74) is 2.51. The number of ether oxygens (including phenoxy) is 1. The van der Waals surface area contributed by atoms with E-state index in [0.717, 1.165) is 16.6 Å². The molecule has 2 aromatic carbocycles. The number of hydrogen-bond donors (Lipinski definition) is 3. The molecule has 0 bridgehead atoms. The second-order valence-electron chi connectivity index (χ2n) is 7.16.